The van der Waals surface area contributed by atoms with Crippen molar-refractivity contribution < 1.29 is 28.6 Å². The number of benzene rings is 2. The maximum absolute atomic E-state index is 12.9. The van der Waals surface area contributed by atoms with Crippen molar-refractivity contribution in [2.75, 3.05) is 41.5 Å². The number of allylic oxidation sites excluding steroid dienone is 1. The van der Waals surface area contributed by atoms with Gasteiger partial charge in [-0.2, -0.15) is 0 Å². The first kappa shape index (κ1) is 22.7. The fourth-order valence-electron chi connectivity index (χ4n) is 4.03. The molecule has 0 aromatic heterocycles. The molecule has 6 heteroatoms. The highest BCUT2D eigenvalue weighted by Crippen LogP contribution is 2.38. The summed E-state index contributed by atoms with van der Waals surface area (Å²) in [6.45, 7) is 3.21. The van der Waals surface area contributed by atoms with E-state index in [0.717, 1.165) is 23.4 Å². The molecule has 0 bridgehead atoms. The summed E-state index contributed by atoms with van der Waals surface area (Å²) in [6.07, 6.45) is 7.15. The van der Waals surface area contributed by atoms with Gasteiger partial charge in [0.25, 0.3) is 0 Å². The van der Waals surface area contributed by atoms with Crippen LogP contribution in [-0.4, -0.2) is 47.3 Å². The van der Waals surface area contributed by atoms with Gasteiger partial charge in [-0.3, -0.25) is 4.79 Å². The maximum atomic E-state index is 12.9. The minimum Gasteiger partial charge on any atom is -0.496 e. The zero-order valence-electron chi connectivity index (χ0n) is 18.8. The van der Waals surface area contributed by atoms with Crippen LogP contribution in [0.4, 0.5) is 0 Å². The molecule has 1 heterocycles. The Morgan fingerprint density at radius 1 is 0.871 bits per heavy atom. The van der Waals surface area contributed by atoms with E-state index in [2.05, 4.69) is 0 Å². The number of ketones is 1. The second kappa shape index (κ2) is 10.9. The van der Waals surface area contributed by atoms with E-state index >= 15 is 0 Å². The van der Waals surface area contributed by atoms with E-state index in [0.29, 0.717) is 22.8 Å². The molecule has 2 aromatic carbocycles. The third kappa shape index (κ3) is 5.58. The number of nitrogens with one attached hydrogen (secondary N) is 1. The van der Waals surface area contributed by atoms with Gasteiger partial charge in [0, 0.05) is 11.1 Å². The number of hydrogen-bond donors (Lipinski definition) is 1. The van der Waals surface area contributed by atoms with Crippen molar-refractivity contribution in [3.8, 4) is 23.0 Å². The number of likely N-dealkylation sites (tertiary alicyclic amines) is 1. The van der Waals surface area contributed by atoms with E-state index in [1.807, 2.05) is 30.3 Å². The summed E-state index contributed by atoms with van der Waals surface area (Å²) < 4.78 is 21.7. The van der Waals surface area contributed by atoms with Crippen molar-refractivity contribution in [1.82, 2.24) is 0 Å². The zero-order chi connectivity index (χ0) is 22.2. The largest absolute Gasteiger partial charge is 0.496 e. The zero-order valence-corrected chi connectivity index (χ0v) is 18.8. The van der Waals surface area contributed by atoms with Crippen LogP contribution in [0, 0.1) is 0 Å². The number of methoxy groups -OCH3 is 4. The molecule has 1 aliphatic rings. The average Bonchev–Trinajstić information content (AvgIpc) is 2.82. The number of rotatable bonds is 9. The summed E-state index contributed by atoms with van der Waals surface area (Å²) in [6, 6.07) is 9.28. The molecular weight excluding hydrogens is 394 g/mol. The van der Waals surface area contributed by atoms with Crippen LogP contribution in [-0.2, 0) is 6.54 Å². The van der Waals surface area contributed by atoms with E-state index in [1.54, 1.807) is 45.5 Å². The van der Waals surface area contributed by atoms with Gasteiger partial charge in [0.05, 0.1) is 41.5 Å². The van der Waals surface area contributed by atoms with Gasteiger partial charge in [-0.15, -0.1) is 0 Å². The Hall–Kier alpha value is -2.99. The van der Waals surface area contributed by atoms with E-state index in [1.165, 1.54) is 32.4 Å². The molecule has 0 spiro atoms. The van der Waals surface area contributed by atoms with Crippen LogP contribution in [0.15, 0.2) is 36.4 Å². The highest BCUT2D eigenvalue weighted by atomic mass is 16.5. The van der Waals surface area contributed by atoms with Crippen molar-refractivity contribution in [3.05, 3.63) is 53.1 Å². The standard InChI is InChI=1S/C25H31NO5/c1-28-22-11-9-19(16-20(22)17-26-12-6-5-7-13-26)21(27)10-8-18-14-23(29-2)25(31-4)24(15-18)30-3/h8-11,14-16H,5-7,12-13,17H2,1-4H3/p+1/b10-8+. The molecule has 6 nitrogen and oxygen atoms in total. The molecule has 1 fully saturated rings. The van der Waals surface area contributed by atoms with Crippen molar-refractivity contribution in [2.45, 2.75) is 25.8 Å². The normalized spacial score (nSPS) is 14.5. The summed E-state index contributed by atoms with van der Waals surface area (Å²) in [7, 11) is 6.38. The Labute approximate surface area is 184 Å². The maximum Gasteiger partial charge on any atom is 0.203 e. The van der Waals surface area contributed by atoms with Gasteiger partial charge in [0.2, 0.25) is 5.75 Å². The Bertz CT molecular complexity index is 906. The summed E-state index contributed by atoms with van der Waals surface area (Å²) in [5.41, 5.74) is 2.51. The van der Waals surface area contributed by atoms with E-state index < -0.39 is 0 Å². The first-order valence-corrected chi connectivity index (χ1v) is 10.6. The Morgan fingerprint density at radius 2 is 1.52 bits per heavy atom. The molecule has 2 aromatic rings. The van der Waals surface area contributed by atoms with Crippen molar-refractivity contribution in [2.24, 2.45) is 0 Å². The van der Waals surface area contributed by atoms with Gasteiger partial charge in [-0.05, 0) is 61.2 Å². The fraction of sp³-hybridized carbons (Fsp3) is 0.400. The third-order valence-corrected chi connectivity index (χ3v) is 5.68. The molecule has 0 amide bonds. The van der Waals surface area contributed by atoms with E-state index in [4.69, 9.17) is 18.9 Å². The molecular formula is C25H32NO5+. The molecule has 0 aliphatic carbocycles. The highest BCUT2D eigenvalue weighted by Gasteiger charge is 2.18. The van der Waals surface area contributed by atoms with Gasteiger partial charge in [0.15, 0.2) is 17.3 Å². The number of carbonyl (C=O) groups excluding carboxylic acids is 1. The van der Waals surface area contributed by atoms with Crippen LogP contribution in [0.25, 0.3) is 6.08 Å². The number of piperidine rings is 1. The number of hydrogen-bond acceptors (Lipinski definition) is 5. The number of quaternary nitrogens is 1. The second-order valence-corrected chi connectivity index (χ2v) is 7.67. The van der Waals surface area contributed by atoms with Gasteiger partial charge in [-0.1, -0.05) is 6.08 Å². The van der Waals surface area contributed by atoms with Gasteiger partial charge < -0.3 is 23.8 Å². The predicted octanol–water partition coefficient (Wildman–Crippen LogP) is 3.19. The summed E-state index contributed by atoms with van der Waals surface area (Å²) in [5, 5.41) is 0. The number of carbonyl (C=O) groups is 1. The van der Waals surface area contributed by atoms with Crippen molar-refractivity contribution >= 4 is 11.9 Å². The van der Waals surface area contributed by atoms with Crippen LogP contribution >= 0.6 is 0 Å². The highest BCUT2D eigenvalue weighted by molar-refractivity contribution is 6.07. The molecule has 0 atom stereocenters. The molecule has 0 radical (unpaired) electrons. The minimum atomic E-state index is -0.0636. The summed E-state index contributed by atoms with van der Waals surface area (Å²) in [5.74, 6) is 2.39. The van der Waals surface area contributed by atoms with Gasteiger partial charge >= 0.3 is 0 Å². The monoisotopic (exact) mass is 426 g/mol. The quantitative estimate of drug-likeness (QED) is 0.493. The lowest BCUT2D eigenvalue weighted by atomic mass is 10.0. The third-order valence-electron chi connectivity index (χ3n) is 5.68. The van der Waals surface area contributed by atoms with Crippen LogP contribution in [0.3, 0.4) is 0 Å². The average molecular weight is 427 g/mol. The predicted molar refractivity (Wildman–Crippen MR) is 121 cm³/mol. The van der Waals surface area contributed by atoms with E-state index in [-0.39, 0.29) is 5.78 Å². The fourth-order valence-corrected chi connectivity index (χ4v) is 4.03. The molecule has 1 saturated heterocycles. The lowest BCUT2D eigenvalue weighted by Crippen LogP contribution is -3.11. The minimum absolute atomic E-state index is 0.0636. The Kier molecular flexibility index (Phi) is 7.95. The topological polar surface area (TPSA) is 58.4 Å². The molecule has 1 N–H and O–H groups in total. The SMILES string of the molecule is COc1ccc(C(=O)/C=C/c2cc(OC)c(OC)c(OC)c2)cc1C[NH+]1CCCCC1. The lowest BCUT2D eigenvalue weighted by molar-refractivity contribution is -0.918. The first-order chi connectivity index (χ1) is 15.1. The van der Waals surface area contributed by atoms with E-state index in [9.17, 15) is 4.79 Å². The Balaban J connectivity index is 1.81. The summed E-state index contributed by atoms with van der Waals surface area (Å²) >= 11 is 0. The smallest absolute Gasteiger partial charge is 0.203 e. The molecule has 166 valence electrons. The molecule has 31 heavy (non-hydrogen) atoms. The molecule has 3 rings (SSSR count). The molecule has 0 saturated carbocycles. The Morgan fingerprint density at radius 3 is 2.10 bits per heavy atom. The van der Waals surface area contributed by atoms with Crippen molar-refractivity contribution in [3.63, 3.8) is 0 Å². The first-order valence-electron chi connectivity index (χ1n) is 10.6. The van der Waals surface area contributed by atoms with Crippen LogP contribution in [0.5, 0.6) is 23.0 Å². The summed E-state index contributed by atoms with van der Waals surface area (Å²) in [4.78, 5) is 14.4. The van der Waals surface area contributed by atoms with Crippen LogP contribution in [0.1, 0.15) is 40.7 Å². The van der Waals surface area contributed by atoms with Crippen LogP contribution < -0.4 is 23.8 Å². The number of ether oxygens (including phenoxy) is 4. The second-order valence-electron chi connectivity index (χ2n) is 7.67. The van der Waals surface area contributed by atoms with Crippen molar-refractivity contribution in [1.29, 1.82) is 0 Å². The van der Waals surface area contributed by atoms with Gasteiger partial charge in [0.1, 0.15) is 12.3 Å². The van der Waals surface area contributed by atoms with Gasteiger partial charge in [-0.25, -0.2) is 0 Å². The lowest BCUT2D eigenvalue weighted by Gasteiger charge is -2.24. The molecule has 1 aliphatic heterocycles. The molecule has 0 unspecified atom stereocenters. The van der Waals surface area contributed by atoms with Crippen LogP contribution in [0.2, 0.25) is 0 Å².